The van der Waals surface area contributed by atoms with Crippen LogP contribution in [-0.2, 0) is 4.79 Å². The van der Waals surface area contributed by atoms with E-state index in [-0.39, 0.29) is 11.4 Å². The minimum Gasteiger partial charge on any atom is -0.495 e. The van der Waals surface area contributed by atoms with Crippen LogP contribution in [0.3, 0.4) is 0 Å². The van der Waals surface area contributed by atoms with Crippen LogP contribution < -0.4 is 10.1 Å². The number of rotatable bonds is 2. The highest BCUT2D eigenvalue weighted by Gasteiger charge is 2.39. The molecule has 0 unspecified atom stereocenters. The zero-order chi connectivity index (χ0) is 13.2. The van der Waals surface area contributed by atoms with Gasteiger partial charge in [0, 0.05) is 11.1 Å². The van der Waals surface area contributed by atoms with E-state index in [1.165, 1.54) is 19.2 Å². The van der Waals surface area contributed by atoms with Crippen molar-refractivity contribution >= 4 is 23.2 Å². The first-order valence-corrected chi connectivity index (χ1v) is 4.86. The van der Waals surface area contributed by atoms with E-state index in [2.05, 4.69) is 0 Å². The first-order chi connectivity index (χ1) is 7.75. The van der Waals surface area contributed by atoms with Crippen molar-refractivity contribution in [1.29, 1.82) is 0 Å². The Bertz CT molecular complexity index is 446. The second-order valence-corrected chi connectivity index (χ2v) is 3.66. The fraction of sp³-hybridized carbons (Fsp3) is 0.300. The molecule has 0 fully saturated rings. The van der Waals surface area contributed by atoms with Gasteiger partial charge in [0.05, 0.1) is 12.8 Å². The summed E-state index contributed by atoms with van der Waals surface area (Å²) in [6.45, 7) is 1.60. The monoisotopic (exact) mass is 267 g/mol. The Morgan fingerprint density at radius 3 is 2.47 bits per heavy atom. The molecule has 17 heavy (non-hydrogen) atoms. The lowest BCUT2D eigenvalue weighted by atomic mass is 10.2. The smallest absolute Gasteiger partial charge is 0.471 e. The molecule has 0 aromatic heterocycles. The normalized spacial score (nSPS) is 11.2. The third kappa shape index (κ3) is 3.26. The molecular formula is C10H9ClF3NO2. The number of carbonyl (C=O) groups excluding carboxylic acids is 1. The number of benzene rings is 1. The van der Waals surface area contributed by atoms with Gasteiger partial charge in [-0.15, -0.1) is 0 Å². The van der Waals surface area contributed by atoms with Gasteiger partial charge in [-0.25, -0.2) is 0 Å². The summed E-state index contributed by atoms with van der Waals surface area (Å²) >= 11 is 5.78. The Kier molecular flexibility index (Phi) is 3.87. The highest BCUT2D eigenvalue weighted by Crippen LogP contribution is 2.32. The molecule has 1 N–H and O–H groups in total. The molecular weight excluding hydrogens is 259 g/mol. The number of alkyl halides is 3. The summed E-state index contributed by atoms with van der Waals surface area (Å²) in [7, 11) is 1.27. The number of anilines is 1. The minimum atomic E-state index is -4.95. The fourth-order valence-corrected chi connectivity index (χ4v) is 1.28. The zero-order valence-electron chi connectivity index (χ0n) is 8.98. The van der Waals surface area contributed by atoms with E-state index in [1.54, 1.807) is 12.2 Å². The first-order valence-electron chi connectivity index (χ1n) is 4.48. The van der Waals surface area contributed by atoms with Gasteiger partial charge in [-0.3, -0.25) is 4.79 Å². The Morgan fingerprint density at radius 2 is 2.00 bits per heavy atom. The largest absolute Gasteiger partial charge is 0.495 e. The molecule has 94 valence electrons. The molecule has 1 aromatic rings. The van der Waals surface area contributed by atoms with Crippen molar-refractivity contribution in [2.75, 3.05) is 12.4 Å². The lowest BCUT2D eigenvalue weighted by Crippen LogP contribution is -2.30. The standard InChI is InChI=1S/C10H9ClF3NO2/c1-5-3-7(8(17-2)4-6(5)11)15-9(16)10(12,13)14/h3-4H,1-2H3,(H,15,16). The second-order valence-electron chi connectivity index (χ2n) is 3.25. The van der Waals surface area contributed by atoms with Crippen LogP contribution in [0.5, 0.6) is 5.75 Å². The van der Waals surface area contributed by atoms with Gasteiger partial charge >= 0.3 is 12.1 Å². The molecule has 0 saturated carbocycles. The number of halogens is 4. The SMILES string of the molecule is COc1cc(Cl)c(C)cc1NC(=O)C(F)(F)F. The molecule has 0 aliphatic heterocycles. The van der Waals surface area contributed by atoms with Crippen LogP contribution in [0.1, 0.15) is 5.56 Å². The lowest BCUT2D eigenvalue weighted by Gasteiger charge is -2.13. The van der Waals surface area contributed by atoms with E-state index < -0.39 is 12.1 Å². The number of amides is 1. The van der Waals surface area contributed by atoms with Crippen LogP contribution >= 0.6 is 11.6 Å². The summed E-state index contributed by atoms with van der Waals surface area (Å²) in [6.07, 6.45) is -4.95. The van der Waals surface area contributed by atoms with Crippen molar-refractivity contribution in [3.8, 4) is 5.75 Å². The van der Waals surface area contributed by atoms with E-state index in [0.29, 0.717) is 10.6 Å². The zero-order valence-corrected chi connectivity index (χ0v) is 9.74. The third-order valence-electron chi connectivity index (χ3n) is 1.99. The van der Waals surface area contributed by atoms with E-state index in [0.717, 1.165) is 0 Å². The van der Waals surface area contributed by atoms with Gasteiger partial charge in [0.25, 0.3) is 0 Å². The van der Waals surface area contributed by atoms with Crippen molar-refractivity contribution < 1.29 is 22.7 Å². The summed E-state index contributed by atoms with van der Waals surface area (Å²) in [5.41, 5.74) is 0.460. The molecule has 0 aliphatic rings. The number of nitrogens with one attached hydrogen (secondary N) is 1. The van der Waals surface area contributed by atoms with E-state index in [1.807, 2.05) is 0 Å². The van der Waals surface area contributed by atoms with Crippen LogP contribution in [0.4, 0.5) is 18.9 Å². The Labute approximate surface area is 101 Å². The van der Waals surface area contributed by atoms with E-state index >= 15 is 0 Å². The summed E-state index contributed by atoms with van der Waals surface area (Å²) < 4.78 is 41.0. The lowest BCUT2D eigenvalue weighted by molar-refractivity contribution is -0.167. The van der Waals surface area contributed by atoms with Crippen molar-refractivity contribution in [1.82, 2.24) is 0 Å². The predicted molar refractivity (Wildman–Crippen MR) is 57.4 cm³/mol. The van der Waals surface area contributed by atoms with Crippen molar-refractivity contribution in [2.24, 2.45) is 0 Å². The fourth-order valence-electron chi connectivity index (χ4n) is 1.12. The van der Waals surface area contributed by atoms with Crippen molar-refractivity contribution in [2.45, 2.75) is 13.1 Å². The molecule has 1 amide bonds. The summed E-state index contributed by atoms with van der Waals surface area (Å²) in [4.78, 5) is 10.8. The van der Waals surface area contributed by atoms with Crippen LogP contribution in [0, 0.1) is 6.92 Å². The number of ether oxygens (including phenoxy) is 1. The van der Waals surface area contributed by atoms with Gasteiger partial charge in [-0.05, 0) is 18.6 Å². The van der Waals surface area contributed by atoms with Gasteiger partial charge in [-0.2, -0.15) is 13.2 Å². The highest BCUT2D eigenvalue weighted by molar-refractivity contribution is 6.31. The highest BCUT2D eigenvalue weighted by atomic mass is 35.5. The van der Waals surface area contributed by atoms with Crippen molar-refractivity contribution in [3.05, 3.63) is 22.7 Å². The first kappa shape index (κ1) is 13.6. The predicted octanol–water partition coefficient (Wildman–Crippen LogP) is 3.16. The summed E-state index contributed by atoms with van der Waals surface area (Å²) in [5, 5.41) is 2.06. The van der Waals surface area contributed by atoms with Gasteiger partial charge in [0.15, 0.2) is 0 Å². The summed E-state index contributed by atoms with van der Waals surface area (Å²) in [6, 6.07) is 2.65. The number of hydrogen-bond donors (Lipinski definition) is 1. The molecule has 0 atom stereocenters. The molecule has 0 radical (unpaired) electrons. The molecule has 0 aliphatic carbocycles. The molecule has 7 heteroatoms. The average Bonchev–Trinajstić information content (AvgIpc) is 2.21. The number of carbonyl (C=O) groups is 1. The van der Waals surface area contributed by atoms with Gasteiger partial charge < -0.3 is 10.1 Å². The molecule has 0 bridgehead atoms. The van der Waals surface area contributed by atoms with E-state index in [9.17, 15) is 18.0 Å². The molecule has 0 spiro atoms. The van der Waals surface area contributed by atoms with Gasteiger partial charge in [0.2, 0.25) is 0 Å². The van der Waals surface area contributed by atoms with Crippen LogP contribution in [0.2, 0.25) is 5.02 Å². The Balaban J connectivity index is 3.06. The maximum absolute atomic E-state index is 12.1. The topological polar surface area (TPSA) is 38.3 Å². The van der Waals surface area contributed by atoms with Gasteiger partial charge in [0.1, 0.15) is 5.75 Å². The average molecular weight is 268 g/mol. The van der Waals surface area contributed by atoms with Crippen molar-refractivity contribution in [3.63, 3.8) is 0 Å². The maximum atomic E-state index is 12.1. The molecule has 1 aromatic carbocycles. The van der Waals surface area contributed by atoms with Crippen LogP contribution in [0.15, 0.2) is 12.1 Å². The molecule has 1 rings (SSSR count). The Morgan fingerprint density at radius 1 is 1.41 bits per heavy atom. The van der Waals surface area contributed by atoms with Crippen LogP contribution in [0.25, 0.3) is 0 Å². The number of hydrogen-bond acceptors (Lipinski definition) is 2. The quantitative estimate of drug-likeness (QED) is 0.894. The minimum absolute atomic E-state index is 0.0678. The van der Waals surface area contributed by atoms with Gasteiger partial charge in [-0.1, -0.05) is 11.6 Å². The van der Waals surface area contributed by atoms with E-state index in [4.69, 9.17) is 16.3 Å². The Hall–Kier alpha value is -1.43. The third-order valence-corrected chi connectivity index (χ3v) is 2.39. The number of methoxy groups -OCH3 is 1. The molecule has 3 nitrogen and oxygen atoms in total. The maximum Gasteiger partial charge on any atom is 0.471 e. The van der Waals surface area contributed by atoms with Crippen LogP contribution in [-0.4, -0.2) is 19.2 Å². The second kappa shape index (κ2) is 4.83. The molecule has 0 saturated heterocycles. The number of aryl methyl sites for hydroxylation is 1. The molecule has 0 heterocycles. The summed E-state index contributed by atoms with van der Waals surface area (Å²) in [5.74, 6) is -1.99.